The summed E-state index contributed by atoms with van der Waals surface area (Å²) in [4.78, 5) is 25.2. The summed E-state index contributed by atoms with van der Waals surface area (Å²) < 4.78 is 10.1. The second kappa shape index (κ2) is 7.04. The third kappa shape index (κ3) is 3.70. The van der Waals surface area contributed by atoms with E-state index in [2.05, 4.69) is 4.74 Å². The lowest BCUT2D eigenvalue weighted by Crippen LogP contribution is -2.04. The van der Waals surface area contributed by atoms with E-state index in [9.17, 15) is 9.59 Å². The maximum atomic E-state index is 12.5. The highest BCUT2D eigenvalue weighted by Crippen LogP contribution is 2.25. The van der Waals surface area contributed by atoms with Gasteiger partial charge in [-0.25, -0.2) is 0 Å². The second-order valence-corrected chi connectivity index (χ2v) is 5.45. The monoisotopic (exact) mass is 304 g/mol. The van der Waals surface area contributed by atoms with E-state index < -0.39 is 0 Å². The van der Waals surface area contributed by atoms with Crippen LogP contribution in [0.2, 0.25) is 0 Å². The van der Waals surface area contributed by atoms with Gasteiger partial charge in [-0.05, 0) is 31.2 Å². The molecule has 1 aromatic heterocycles. The normalized spacial score (nSPS) is 10.2. The van der Waals surface area contributed by atoms with Gasteiger partial charge in [-0.3, -0.25) is 9.59 Å². The van der Waals surface area contributed by atoms with Gasteiger partial charge in [-0.2, -0.15) is 0 Å². The average molecular weight is 304 g/mol. The molecule has 0 N–H and O–H groups in total. The maximum Gasteiger partial charge on any atom is 0.310 e. The van der Waals surface area contributed by atoms with E-state index in [1.807, 2.05) is 13.0 Å². The van der Waals surface area contributed by atoms with Gasteiger partial charge in [0.1, 0.15) is 5.75 Å². The molecule has 0 saturated heterocycles. The number of ether oxygens (including phenoxy) is 2. The summed E-state index contributed by atoms with van der Waals surface area (Å²) in [6.45, 7) is 2.38. The molecule has 4 nitrogen and oxygen atoms in total. The first-order valence-corrected chi connectivity index (χ1v) is 7.39. The number of rotatable bonds is 6. The third-order valence-electron chi connectivity index (χ3n) is 2.86. The largest absolute Gasteiger partial charge is 0.493 e. The molecule has 0 aliphatic carbocycles. The molecule has 0 atom stereocenters. The van der Waals surface area contributed by atoms with Crippen LogP contribution in [0.4, 0.5) is 0 Å². The number of carbonyl (C=O) groups is 2. The smallest absolute Gasteiger partial charge is 0.310 e. The van der Waals surface area contributed by atoms with Crippen molar-refractivity contribution in [1.29, 1.82) is 0 Å². The number of carbonyl (C=O) groups excluding carboxylic acids is 2. The number of esters is 1. The van der Waals surface area contributed by atoms with Gasteiger partial charge in [-0.15, -0.1) is 11.3 Å². The molecular formula is C16H16O4S. The summed E-state index contributed by atoms with van der Waals surface area (Å²) in [5, 5.41) is 0. The van der Waals surface area contributed by atoms with E-state index >= 15 is 0 Å². The molecule has 21 heavy (non-hydrogen) atoms. The number of para-hydroxylation sites is 1. The fourth-order valence-electron chi connectivity index (χ4n) is 1.88. The van der Waals surface area contributed by atoms with Crippen LogP contribution >= 0.6 is 11.3 Å². The fourth-order valence-corrected chi connectivity index (χ4v) is 2.83. The Kier molecular flexibility index (Phi) is 5.11. The fraction of sp³-hybridized carbons (Fsp3) is 0.250. The Morgan fingerprint density at radius 2 is 1.90 bits per heavy atom. The molecule has 1 aromatic carbocycles. The Bertz CT molecular complexity index is 645. The minimum absolute atomic E-state index is 0.0971. The van der Waals surface area contributed by atoms with Gasteiger partial charge in [0.05, 0.1) is 30.6 Å². The predicted octanol–water partition coefficient (Wildman–Crippen LogP) is 3.09. The second-order valence-electron chi connectivity index (χ2n) is 4.28. The molecular weight excluding hydrogens is 288 g/mol. The highest BCUT2D eigenvalue weighted by atomic mass is 32.1. The lowest BCUT2D eigenvalue weighted by Gasteiger charge is -2.07. The first-order valence-electron chi connectivity index (χ1n) is 6.57. The van der Waals surface area contributed by atoms with Crippen molar-refractivity contribution in [2.75, 3.05) is 13.7 Å². The highest BCUT2D eigenvalue weighted by molar-refractivity contribution is 7.14. The quantitative estimate of drug-likeness (QED) is 0.608. The van der Waals surface area contributed by atoms with Gasteiger partial charge < -0.3 is 9.47 Å². The number of thiophene rings is 1. The zero-order chi connectivity index (χ0) is 15.2. The first kappa shape index (κ1) is 15.3. The van der Waals surface area contributed by atoms with Gasteiger partial charge in [0, 0.05) is 4.88 Å². The highest BCUT2D eigenvalue weighted by Gasteiger charge is 2.17. The topological polar surface area (TPSA) is 52.6 Å². The molecule has 0 unspecified atom stereocenters. The van der Waals surface area contributed by atoms with Crippen molar-refractivity contribution in [1.82, 2.24) is 0 Å². The summed E-state index contributed by atoms with van der Waals surface area (Å²) >= 11 is 1.30. The van der Waals surface area contributed by atoms with Crippen LogP contribution in [0.3, 0.4) is 0 Å². The Morgan fingerprint density at radius 3 is 2.62 bits per heavy atom. The zero-order valence-electron chi connectivity index (χ0n) is 11.9. The SMILES string of the molecule is CCOc1ccccc1C(=O)c1ccc(CC(=O)OC)s1. The predicted molar refractivity (Wildman–Crippen MR) is 81.1 cm³/mol. The van der Waals surface area contributed by atoms with Crippen molar-refractivity contribution in [2.45, 2.75) is 13.3 Å². The van der Waals surface area contributed by atoms with Crippen LogP contribution in [-0.4, -0.2) is 25.5 Å². The standard InChI is InChI=1S/C16H16O4S/c1-3-20-13-7-5-4-6-12(13)16(18)14-9-8-11(21-14)10-15(17)19-2/h4-9H,3,10H2,1-2H3. The van der Waals surface area contributed by atoms with Crippen LogP contribution in [0.5, 0.6) is 5.75 Å². The number of hydrogen-bond acceptors (Lipinski definition) is 5. The summed E-state index contributed by atoms with van der Waals surface area (Å²) in [6.07, 6.45) is 0.182. The molecule has 1 heterocycles. The van der Waals surface area contributed by atoms with Gasteiger partial charge >= 0.3 is 5.97 Å². The van der Waals surface area contributed by atoms with Gasteiger partial charge in [0.15, 0.2) is 0 Å². The lowest BCUT2D eigenvalue weighted by atomic mass is 10.1. The molecule has 0 aliphatic rings. The molecule has 0 bridgehead atoms. The molecule has 0 fully saturated rings. The molecule has 5 heteroatoms. The van der Waals surface area contributed by atoms with E-state index in [4.69, 9.17) is 4.74 Å². The van der Waals surface area contributed by atoms with Crippen LogP contribution in [0.25, 0.3) is 0 Å². The number of methoxy groups -OCH3 is 1. The summed E-state index contributed by atoms with van der Waals surface area (Å²) in [5.74, 6) is 0.165. The lowest BCUT2D eigenvalue weighted by molar-refractivity contribution is -0.139. The summed E-state index contributed by atoms with van der Waals surface area (Å²) in [7, 11) is 1.35. The number of benzene rings is 1. The van der Waals surface area contributed by atoms with Gasteiger partial charge in [0.25, 0.3) is 0 Å². The maximum absolute atomic E-state index is 12.5. The van der Waals surface area contributed by atoms with E-state index in [-0.39, 0.29) is 18.2 Å². The van der Waals surface area contributed by atoms with E-state index in [1.165, 1.54) is 18.4 Å². The van der Waals surface area contributed by atoms with Crippen molar-refractivity contribution in [3.8, 4) is 5.75 Å². The van der Waals surface area contributed by atoms with Gasteiger partial charge in [-0.1, -0.05) is 12.1 Å². The molecule has 0 radical (unpaired) electrons. The molecule has 2 rings (SSSR count). The van der Waals surface area contributed by atoms with Crippen LogP contribution in [0.1, 0.15) is 27.0 Å². The average Bonchev–Trinajstić information content (AvgIpc) is 2.96. The number of ketones is 1. The van der Waals surface area contributed by atoms with Gasteiger partial charge in [0.2, 0.25) is 5.78 Å². The molecule has 0 aliphatic heterocycles. The van der Waals surface area contributed by atoms with Crippen LogP contribution < -0.4 is 4.74 Å². The van der Waals surface area contributed by atoms with Crippen molar-refractivity contribution in [3.05, 3.63) is 51.7 Å². The zero-order valence-corrected chi connectivity index (χ0v) is 12.7. The van der Waals surface area contributed by atoms with Crippen LogP contribution in [0.15, 0.2) is 36.4 Å². The summed E-state index contributed by atoms with van der Waals surface area (Å²) in [6, 6.07) is 10.7. The van der Waals surface area contributed by atoms with E-state index in [0.29, 0.717) is 22.8 Å². The Balaban J connectivity index is 2.22. The Labute approximate surface area is 127 Å². The number of hydrogen-bond donors (Lipinski definition) is 0. The van der Waals surface area contributed by atoms with Crippen LogP contribution in [-0.2, 0) is 16.0 Å². The molecule has 0 spiro atoms. The summed E-state index contributed by atoms with van der Waals surface area (Å²) in [5.41, 5.74) is 0.533. The van der Waals surface area contributed by atoms with Crippen molar-refractivity contribution >= 4 is 23.1 Å². The molecule has 110 valence electrons. The molecule has 0 saturated carbocycles. The Hall–Kier alpha value is -2.14. The van der Waals surface area contributed by atoms with E-state index in [0.717, 1.165) is 4.88 Å². The first-order chi connectivity index (χ1) is 10.2. The van der Waals surface area contributed by atoms with Crippen molar-refractivity contribution in [3.63, 3.8) is 0 Å². The third-order valence-corrected chi connectivity index (χ3v) is 3.95. The Morgan fingerprint density at radius 1 is 1.14 bits per heavy atom. The minimum atomic E-state index is -0.314. The van der Waals surface area contributed by atoms with Crippen LogP contribution in [0, 0.1) is 0 Å². The molecule has 0 amide bonds. The minimum Gasteiger partial charge on any atom is -0.493 e. The van der Waals surface area contributed by atoms with E-state index in [1.54, 1.807) is 30.3 Å². The molecule has 2 aromatic rings. The van der Waals surface area contributed by atoms with Crippen molar-refractivity contribution in [2.24, 2.45) is 0 Å². The van der Waals surface area contributed by atoms with Crippen molar-refractivity contribution < 1.29 is 19.1 Å².